The van der Waals surface area contributed by atoms with Crippen molar-refractivity contribution in [1.82, 2.24) is 4.98 Å². The molecule has 0 saturated carbocycles. The van der Waals surface area contributed by atoms with Crippen molar-refractivity contribution in [3.8, 4) is 0 Å². The van der Waals surface area contributed by atoms with Gasteiger partial charge in [0.2, 0.25) is 0 Å². The Bertz CT molecular complexity index is 935. The van der Waals surface area contributed by atoms with E-state index in [4.69, 9.17) is 0 Å². The van der Waals surface area contributed by atoms with Crippen LogP contribution >= 0.6 is 0 Å². The number of nitrogens with one attached hydrogen (secondary N) is 1. The first kappa shape index (κ1) is 23.3. The lowest BCUT2D eigenvalue weighted by Crippen LogP contribution is -2.01. The summed E-state index contributed by atoms with van der Waals surface area (Å²) in [5.74, 6) is 1.65. The van der Waals surface area contributed by atoms with Gasteiger partial charge in [0, 0.05) is 29.1 Å². The van der Waals surface area contributed by atoms with E-state index in [1.165, 1.54) is 43.2 Å². The molecule has 2 aromatic carbocycles. The smallest absolute Gasteiger partial charge is 0.165 e. The zero-order valence-corrected chi connectivity index (χ0v) is 19.6. The average molecular weight is 418 g/mol. The van der Waals surface area contributed by atoms with Gasteiger partial charge in [0.1, 0.15) is 0 Å². The molecule has 3 aromatic rings. The molecule has 1 atom stereocenters. The Morgan fingerprint density at radius 3 is 2.39 bits per heavy atom. The van der Waals surface area contributed by atoms with E-state index < -0.39 is 0 Å². The number of rotatable bonds is 13. The van der Waals surface area contributed by atoms with Crippen molar-refractivity contribution in [2.24, 2.45) is 5.92 Å². The number of para-hydroxylation sites is 1. The highest BCUT2D eigenvalue weighted by Crippen LogP contribution is 2.28. The van der Waals surface area contributed by atoms with Gasteiger partial charge in [0.05, 0.1) is 0 Å². The van der Waals surface area contributed by atoms with Crippen molar-refractivity contribution in [2.75, 3.05) is 0 Å². The molecule has 2 nitrogen and oxygen atoms in total. The summed E-state index contributed by atoms with van der Waals surface area (Å²) < 4.78 is 0. The Kier molecular flexibility index (Phi) is 8.94. The van der Waals surface area contributed by atoms with E-state index in [1.807, 2.05) is 30.5 Å². The van der Waals surface area contributed by atoms with E-state index in [0.29, 0.717) is 18.3 Å². The number of hydrogen-bond donors (Lipinski definition) is 1. The van der Waals surface area contributed by atoms with Crippen LogP contribution in [0.1, 0.15) is 99.5 Å². The second-order valence-corrected chi connectivity index (χ2v) is 9.45. The zero-order chi connectivity index (χ0) is 22.1. The highest BCUT2D eigenvalue weighted by molar-refractivity contribution is 6.07. The highest BCUT2D eigenvalue weighted by Gasteiger charge is 2.13. The third kappa shape index (κ3) is 6.82. The van der Waals surface area contributed by atoms with Crippen LogP contribution in [0.3, 0.4) is 0 Å². The van der Waals surface area contributed by atoms with Crippen LogP contribution < -0.4 is 0 Å². The predicted molar refractivity (Wildman–Crippen MR) is 133 cm³/mol. The fourth-order valence-electron chi connectivity index (χ4n) is 4.69. The lowest BCUT2D eigenvalue weighted by Gasteiger charge is -2.17. The molecule has 0 fully saturated rings. The Morgan fingerprint density at radius 1 is 0.903 bits per heavy atom. The Hall–Kier alpha value is -2.35. The fraction of sp³-hybridized carbons (Fsp3) is 0.483. The molecule has 166 valence electrons. The largest absolute Gasteiger partial charge is 0.360 e. The van der Waals surface area contributed by atoms with Crippen LogP contribution in [-0.2, 0) is 6.42 Å². The Balaban J connectivity index is 1.40. The number of Topliss-reactive ketones (excluding diaryl/α,β-unsaturated/α-hetero) is 1. The van der Waals surface area contributed by atoms with Gasteiger partial charge in [0.15, 0.2) is 5.78 Å². The number of hydrogen-bond acceptors (Lipinski definition) is 1. The summed E-state index contributed by atoms with van der Waals surface area (Å²) in [6.45, 7) is 6.85. The molecule has 1 heterocycles. The van der Waals surface area contributed by atoms with E-state index in [-0.39, 0.29) is 5.78 Å². The molecule has 2 heteroatoms. The molecule has 0 aliphatic rings. The number of benzene rings is 2. The van der Waals surface area contributed by atoms with Gasteiger partial charge in [-0.1, -0.05) is 88.9 Å². The zero-order valence-electron chi connectivity index (χ0n) is 19.6. The van der Waals surface area contributed by atoms with Gasteiger partial charge in [-0.15, -0.1) is 0 Å². The van der Waals surface area contributed by atoms with Gasteiger partial charge in [-0.05, 0) is 54.7 Å². The van der Waals surface area contributed by atoms with Gasteiger partial charge in [-0.3, -0.25) is 4.79 Å². The summed E-state index contributed by atoms with van der Waals surface area (Å²) in [4.78, 5) is 15.8. The molecule has 0 amide bonds. The first-order valence-electron chi connectivity index (χ1n) is 12.3. The molecular formula is C29H39NO. The molecule has 0 bridgehead atoms. The summed E-state index contributed by atoms with van der Waals surface area (Å²) in [5.41, 5.74) is 4.85. The first-order valence-corrected chi connectivity index (χ1v) is 12.3. The number of carbonyl (C=O) groups is 1. The number of carbonyl (C=O) groups excluding carboxylic acids is 1. The molecule has 0 aliphatic carbocycles. The van der Waals surface area contributed by atoms with Crippen LogP contribution in [0.2, 0.25) is 0 Å². The van der Waals surface area contributed by atoms with Crippen molar-refractivity contribution < 1.29 is 4.79 Å². The number of ketones is 1. The second-order valence-electron chi connectivity index (χ2n) is 9.45. The van der Waals surface area contributed by atoms with Crippen molar-refractivity contribution in [3.05, 3.63) is 71.4 Å². The fourth-order valence-corrected chi connectivity index (χ4v) is 4.69. The molecule has 0 spiro atoms. The average Bonchev–Trinajstić information content (AvgIpc) is 3.20. The molecule has 31 heavy (non-hydrogen) atoms. The normalized spacial score (nSPS) is 12.5. The molecule has 0 radical (unpaired) electrons. The molecule has 3 rings (SSSR count). The molecule has 0 aliphatic heterocycles. The van der Waals surface area contributed by atoms with Crippen LogP contribution in [-0.4, -0.2) is 10.8 Å². The van der Waals surface area contributed by atoms with Crippen LogP contribution in [0.15, 0.2) is 54.7 Å². The second kappa shape index (κ2) is 11.9. The van der Waals surface area contributed by atoms with Crippen LogP contribution in [0, 0.1) is 5.92 Å². The van der Waals surface area contributed by atoms with E-state index in [0.717, 1.165) is 35.7 Å². The lowest BCUT2D eigenvalue weighted by molar-refractivity contribution is 0.0980. The maximum absolute atomic E-state index is 12.6. The third-order valence-corrected chi connectivity index (χ3v) is 6.33. The number of aromatic nitrogens is 1. The maximum atomic E-state index is 12.6. The summed E-state index contributed by atoms with van der Waals surface area (Å²) in [6, 6.07) is 17.4. The summed E-state index contributed by atoms with van der Waals surface area (Å²) >= 11 is 0. The molecule has 1 unspecified atom stereocenters. The van der Waals surface area contributed by atoms with E-state index in [9.17, 15) is 4.79 Å². The van der Waals surface area contributed by atoms with Crippen molar-refractivity contribution >= 4 is 16.7 Å². The summed E-state index contributed by atoms with van der Waals surface area (Å²) in [7, 11) is 0. The quantitative estimate of drug-likeness (QED) is 0.219. The van der Waals surface area contributed by atoms with Gasteiger partial charge < -0.3 is 4.98 Å². The van der Waals surface area contributed by atoms with E-state index >= 15 is 0 Å². The minimum atomic E-state index is 0.266. The number of unbranched alkanes of at least 4 members (excludes halogenated alkanes) is 3. The topological polar surface area (TPSA) is 32.9 Å². The number of fused-ring (bicyclic) bond motifs is 1. The third-order valence-electron chi connectivity index (χ3n) is 6.33. The monoisotopic (exact) mass is 417 g/mol. The van der Waals surface area contributed by atoms with Gasteiger partial charge in [-0.25, -0.2) is 0 Å². The Labute approximate surface area is 188 Å². The standard InChI is InChI=1S/C29H39NO/c1-4-11-24(25-18-16-23(17-19-25)20-22(2)3)12-7-5-6-8-15-29(31)27-21-30-28-14-10-9-13-26(27)28/h9-10,13-14,16-19,21-22,24,30H,4-8,11-12,15,20H2,1-3H3. The highest BCUT2D eigenvalue weighted by atomic mass is 16.1. The van der Waals surface area contributed by atoms with Crippen molar-refractivity contribution in [2.45, 2.75) is 84.5 Å². The van der Waals surface area contributed by atoms with Gasteiger partial charge in [-0.2, -0.15) is 0 Å². The molecule has 1 aromatic heterocycles. The molecular weight excluding hydrogens is 378 g/mol. The first-order chi connectivity index (χ1) is 15.1. The SMILES string of the molecule is CCCC(CCCCCCC(=O)c1c[nH]c2ccccc12)c1ccc(CC(C)C)cc1. The number of H-pyrrole nitrogens is 1. The van der Waals surface area contributed by atoms with Crippen LogP contribution in [0.5, 0.6) is 0 Å². The minimum Gasteiger partial charge on any atom is -0.360 e. The van der Waals surface area contributed by atoms with Crippen LogP contribution in [0.25, 0.3) is 10.9 Å². The predicted octanol–water partition coefficient (Wildman–Crippen LogP) is 8.47. The van der Waals surface area contributed by atoms with Gasteiger partial charge in [0.25, 0.3) is 0 Å². The van der Waals surface area contributed by atoms with Crippen molar-refractivity contribution in [3.63, 3.8) is 0 Å². The van der Waals surface area contributed by atoms with Gasteiger partial charge >= 0.3 is 0 Å². The van der Waals surface area contributed by atoms with E-state index in [2.05, 4.69) is 50.0 Å². The maximum Gasteiger partial charge on any atom is 0.165 e. The lowest BCUT2D eigenvalue weighted by atomic mass is 9.88. The van der Waals surface area contributed by atoms with Crippen LogP contribution in [0.4, 0.5) is 0 Å². The summed E-state index contributed by atoms with van der Waals surface area (Å²) in [5, 5.41) is 1.05. The van der Waals surface area contributed by atoms with Crippen molar-refractivity contribution in [1.29, 1.82) is 0 Å². The molecule has 1 N–H and O–H groups in total. The minimum absolute atomic E-state index is 0.266. The number of aromatic amines is 1. The van der Waals surface area contributed by atoms with E-state index in [1.54, 1.807) is 0 Å². The summed E-state index contributed by atoms with van der Waals surface area (Å²) in [6.07, 6.45) is 12.0. The Morgan fingerprint density at radius 2 is 1.65 bits per heavy atom. The molecule has 0 saturated heterocycles.